The molecule has 126 valence electrons. The first-order valence-electron chi connectivity index (χ1n) is 8.45. The Morgan fingerprint density at radius 3 is 2.92 bits per heavy atom. The maximum Gasteiger partial charge on any atom is 0.152 e. The van der Waals surface area contributed by atoms with E-state index in [2.05, 4.69) is 16.5 Å². The molecule has 6 nitrogen and oxygen atoms in total. The number of rotatable bonds is 4. The van der Waals surface area contributed by atoms with Crippen LogP contribution in [0.2, 0.25) is 0 Å². The van der Waals surface area contributed by atoms with Crippen LogP contribution in [0, 0.1) is 0 Å². The molecule has 1 aliphatic rings. The van der Waals surface area contributed by atoms with Crippen LogP contribution in [0.4, 0.5) is 5.82 Å². The lowest BCUT2D eigenvalue weighted by Crippen LogP contribution is -2.35. The molecule has 0 spiro atoms. The van der Waals surface area contributed by atoms with Crippen molar-refractivity contribution in [2.75, 3.05) is 18.9 Å². The number of aliphatic hydroxyl groups is 1. The zero-order valence-corrected chi connectivity index (χ0v) is 13.8. The van der Waals surface area contributed by atoms with Crippen molar-refractivity contribution in [2.24, 2.45) is 0 Å². The Morgan fingerprint density at radius 2 is 2.17 bits per heavy atom. The van der Waals surface area contributed by atoms with E-state index in [0.717, 1.165) is 40.6 Å². The average molecular weight is 326 g/mol. The lowest BCUT2D eigenvalue weighted by Gasteiger charge is -2.23. The Morgan fingerprint density at radius 1 is 1.33 bits per heavy atom. The van der Waals surface area contributed by atoms with Crippen LogP contribution in [0.15, 0.2) is 24.3 Å². The molecule has 0 radical (unpaired) electrons. The maximum atomic E-state index is 10.8. The first kappa shape index (κ1) is 15.4. The van der Waals surface area contributed by atoms with E-state index >= 15 is 0 Å². The number of hydrogen-bond acceptors (Lipinski definition) is 5. The lowest BCUT2D eigenvalue weighted by molar-refractivity contribution is 0.0121. The van der Waals surface area contributed by atoms with E-state index in [-0.39, 0.29) is 0 Å². The van der Waals surface area contributed by atoms with E-state index in [4.69, 9.17) is 15.5 Å². The molecule has 1 aliphatic heterocycles. The van der Waals surface area contributed by atoms with Crippen LogP contribution < -0.4 is 5.73 Å². The number of aromatic nitrogens is 3. The largest absolute Gasteiger partial charge is 0.386 e. The summed E-state index contributed by atoms with van der Waals surface area (Å²) in [6.45, 7) is 3.54. The van der Waals surface area contributed by atoms with Gasteiger partial charge < -0.3 is 20.1 Å². The number of nitrogens with two attached hydrogens (primary N) is 1. The molecule has 24 heavy (non-hydrogen) atoms. The smallest absolute Gasteiger partial charge is 0.152 e. The van der Waals surface area contributed by atoms with E-state index in [1.807, 2.05) is 24.3 Å². The molecule has 0 amide bonds. The number of aryl methyl sites for hydroxylation is 1. The molecule has 6 heteroatoms. The summed E-state index contributed by atoms with van der Waals surface area (Å²) in [6.07, 6.45) is 2.44. The molecular weight excluding hydrogens is 304 g/mol. The molecule has 1 unspecified atom stereocenters. The second kappa shape index (κ2) is 5.72. The zero-order chi connectivity index (χ0) is 16.7. The van der Waals surface area contributed by atoms with E-state index in [1.165, 1.54) is 0 Å². The summed E-state index contributed by atoms with van der Waals surface area (Å²) < 4.78 is 7.53. The van der Waals surface area contributed by atoms with Crippen LogP contribution in [0.25, 0.3) is 21.9 Å². The van der Waals surface area contributed by atoms with Gasteiger partial charge in [-0.3, -0.25) is 0 Å². The van der Waals surface area contributed by atoms with Crippen molar-refractivity contribution in [3.05, 3.63) is 30.1 Å². The Kier molecular flexibility index (Phi) is 3.66. The second-order valence-electron chi connectivity index (χ2n) is 6.60. The fourth-order valence-corrected chi connectivity index (χ4v) is 3.51. The summed E-state index contributed by atoms with van der Waals surface area (Å²) in [5.74, 6) is 1.38. The van der Waals surface area contributed by atoms with Crippen molar-refractivity contribution in [3.8, 4) is 0 Å². The Bertz CT molecular complexity index is 897. The quantitative estimate of drug-likeness (QED) is 0.768. The third-order valence-corrected chi connectivity index (χ3v) is 4.70. The van der Waals surface area contributed by atoms with Crippen molar-refractivity contribution in [1.82, 2.24) is 14.5 Å². The molecule has 1 fully saturated rings. The van der Waals surface area contributed by atoms with Gasteiger partial charge in [0.15, 0.2) is 5.82 Å². The number of pyridine rings is 1. The van der Waals surface area contributed by atoms with Crippen molar-refractivity contribution in [3.63, 3.8) is 0 Å². The van der Waals surface area contributed by atoms with Crippen LogP contribution in [0.1, 0.15) is 25.6 Å². The molecule has 1 atom stereocenters. The Labute approximate surface area is 140 Å². The van der Waals surface area contributed by atoms with Crippen molar-refractivity contribution < 1.29 is 9.84 Å². The summed E-state index contributed by atoms with van der Waals surface area (Å²) in [4.78, 5) is 9.23. The molecule has 2 aromatic heterocycles. The SMILES string of the molecule is CCCc1nc2c(N)nc3ccccc3c2n1CC1(O)CCOC1. The predicted octanol–water partition coefficient (Wildman–Crippen LogP) is 2.27. The fourth-order valence-electron chi connectivity index (χ4n) is 3.51. The lowest BCUT2D eigenvalue weighted by atomic mass is 10.0. The third-order valence-electron chi connectivity index (χ3n) is 4.70. The molecular formula is C18H22N4O2. The van der Waals surface area contributed by atoms with Gasteiger partial charge in [0.05, 0.1) is 24.2 Å². The number of ether oxygens (including phenoxy) is 1. The van der Waals surface area contributed by atoms with Crippen molar-refractivity contribution >= 4 is 27.8 Å². The number of hydrogen-bond donors (Lipinski definition) is 2. The van der Waals surface area contributed by atoms with Crippen LogP contribution in [-0.2, 0) is 17.7 Å². The van der Waals surface area contributed by atoms with E-state index in [0.29, 0.717) is 32.0 Å². The average Bonchev–Trinajstić information content (AvgIpc) is 3.14. The first-order chi connectivity index (χ1) is 11.6. The summed E-state index contributed by atoms with van der Waals surface area (Å²) in [5, 5.41) is 11.8. The molecule has 0 aliphatic carbocycles. The van der Waals surface area contributed by atoms with E-state index < -0.39 is 5.60 Å². The Balaban J connectivity index is 1.99. The third kappa shape index (κ3) is 2.42. The highest BCUT2D eigenvalue weighted by molar-refractivity contribution is 6.06. The van der Waals surface area contributed by atoms with E-state index in [9.17, 15) is 5.11 Å². The van der Waals surface area contributed by atoms with Gasteiger partial charge in [-0.25, -0.2) is 9.97 Å². The highest BCUT2D eigenvalue weighted by Crippen LogP contribution is 2.31. The zero-order valence-electron chi connectivity index (χ0n) is 13.8. The number of benzene rings is 1. The van der Waals surface area contributed by atoms with Gasteiger partial charge in [-0.2, -0.15) is 0 Å². The van der Waals surface area contributed by atoms with Gasteiger partial charge in [-0.15, -0.1) is 0 Å². The number of nitrogen functional groups attached to an aromatic ring is 1. The first-order valence-corrected chi connectivity index (χ1v) is 8.45. The minimum Gasteiger partial charge on any atom is -0.386 e. The van der Waals surface area contributed by atoms with Gasteiger partial charge in [0.25, 0.3) is 0 Å². The van der Waals surface area contributed by atoms with Crippen LogP contribution in [0.3, 0.4) is 0 Å². The van der Waals surface area contributed by atoms with Gasteiger partial charge in [-0.1, -0.05) is 25.1 Å². The number of para-hydroxylation sites is 1. The monoisotopic (exact) mass is 326 g/mol. The standard InChI is InChI=1S/C18H22N4O2/c1-2-5-14-21-15-16(22(14)10-18(23)8-9-24-11-18)12-6-3-4-7-13(12)20-17(15)19/h3-4,6-7,23H,2,5,8-11H2,1H3,(H2,19,20). The van der Waals surface area contributed by atoms with Crippen LogP contribution in [-0.4, -0.2) is 38.5 Å². The molecule has 1 aromatic carbocycles. The van der Waals surface area contributed by atoms with Crippen LogP contribution in [0.5, 0.6) is 0 Å². The summed E-state index contributed by atoms with van der Waals surface area (Å²) in [5.41, 5.74) is 7.85. The molecule has 0 bridgehead atoms. The van der Waals surface area contributed by atoms with Gasteiger partial charge in [-0.05, 0) is 12.5 Å². The molecule has 0 saturated carbocycles. The molecule has 3 aromatic rings. The summed E-state index contributed by atoms with van der Waals surface area (Å²) in [7, 11) is 0. The minimum atomic E-state index is -0.852. The van der Waals surface area contributed by atoms with Gasteiger partial charge in [0.2, 0.25) is 0 Å². The number of imidazole rings is 1. The van der Waals surface area contributed by atoms with Crippen molar-refractivity contribution in [2.45, 2.75) is 38.3 Å². The predicted molar refractivity (Wildman–Crippen MR) is 93.8 cm³/mol. The Hall–Kier alpha value is -2.18. The highest BCUT2D eigenvalue weighted by atomic mass is 16.5. The normalized spacial score (nSPS) is 21.1. The van der Waals surface area contributed by atoms with Gasteiger partial charge >= 0.3 is 0 Å². The molecule has 1 saturated heterocycles. The molecule has 3 N–H and O–H groups in total. The van der Waals surface area contributed by atoms with Crippen LogP contribution >= 0.6 is 0 Å². The van der Waals surface area contributed by atoms with Gasteiger partial charge in [0, 0.05) is 24.8 Å². The molecule has 4 rings (SSSR count). The van der Waals surface area contributed by atoms with E-state index in [1.54, 1.807) is 0 Å². The highest BCUT2D eigenvalue weighted by Gasteiger charge is 2.34. The van der Waals surface area contributed by atoms with Crippen molar-refractivity contribution in [1.29, 1.82) is 0 Å². The summed E-state index contributed by atoms with van der Waals surface area (Å²) >= 11 is 0. The van der Waals surface area contributed by atoms with Gasteiger partial charge in [0.1, 0.15) is 16.9 Å². The number of fused-ring (bicyclic) bond motifs is 3. The topological polar surface area (TPSA) is 86.2 Å². The fraction of sp³-hybridized carbons (Fsp3) is 0.444. The number of nitrogens with zero attached hydrogens (tertiary/aromatic N) is 3. The maximum absolute atomic E-state index is 10.8. The molecule has 3 heterocycles. The number of anilines is 1. The summed E-state index contributed by atoms with van der Waals surface area (Å²) in [6, 6.07) is 7.93. The minimum absolute atomic E-state index is 0.358. The second-order valence-corrected chi connectivity index (χ2v) is 6.60.